The zero-order chi connectivity index (χ0) is 13.0. The summed E-state index contributed by atoms with van der Waals surface area (Å²) in [6.45, 7) is 1.70. The van der Waals surface area contributed by atoms with Crippen LogP contribution in [0, 0.1) is 6.92 Å². The maximum absolute atomic E-state index is 13.3. The van der Waals surface area contributed by atoms with Gasteiger partial charge in [-0.05, 0) is 19.8 Å². The normalized spacial score (nSPS) is 15.9. The number of hydrogen-bond acceptors (Lipinski definition) is 2. The van der Waals surface area contributed by atoms with Crippen LogP contribution < -0.4 is 0 Å². The molecule has 2 aromatic rings. The van der Waals surface area contributed by atoms with E-state index in [1.807, 2.05) is 0 Å². The molecule has 0 bridgehead atoms. The van der Waals surface area contributed by atoms with E-state index in [9.17, 15) is 8.78 Å². The topological polar surface area (TPSA) is 30.7 Å². The van der Waals surface area contributed by atoms with Crippen LogP contribution >= 0.6 is 11.6 Å². The molecule has 2 aromatic heterocycles. The molecule has 0 aliphatic heterocycles. The summed E-state index contributed by atoms with van der Waals surface area (Å²) in [5.41, 5.74) is 1.52. The Labute approximate surface area is 108 Å². The molecular formula is C12H12ClF2N3. The lowest BCUT2D eigenvalue weighted by molar-refractivity contribution is 0.153. The first-order valence-electron chi connectivity index (χ1n) is 5.81. The SMILES string of the molecule is Cc1nn(C)c2nc(C3CC3)c(Cl)c(C(F)F)c12. The molecule has 2 heterocycles. The Kier molecular flexibility index (Phi) is 2.55. The number of aryl methyl sites for hydroxylation is 2. The van der Waals surface area contributed by atoms with Gasteiger partial charge in [0.2, 0.25) is 0 Å². The monoisotopic (exact) mass is 271 g/mol. The minimum Gasteiger partial charge on any atom is -0.250 e. The summed E-state index contributed by atoms with van der Waals surface area (Å²) in [7, 11) is 1.71. The molecule has 1 saturated carbocycles. The molecule has 0 atom stereocenters. The lowest BCUT2D eigenvalue weighted by Gasteiger charge is -2.10. The highest BCUT2D eigenvalue weighted by Crippen LogP contribution is 2.46. The number of hydrogen-bond donors (Lipinski definition) is 0. The van der Waals surface area contributed by atoms with E-state index in [4.69, 9.17) is 11.6 Å². The first-order valence-corrected chi connectivity index (χ1v) is 6.19. The van der Waals surface area contributed by atoms with Crippen molar-refractivity contribution in [3.05, 3.63) is 22.0 Å². The summed E-state index contributed by atoms with van der Waals surface area (Å²) >= 11 is 6.12. The van der Waals surface area contributed by atoms with Crippen molar-refractivity contribution in [3.63, 3.8) is 0 Å². The number of fused-ring (bicyclic) bond motifs is 1. The molecule has 0 aromatic carbocycles. The van der Waals surface area contributed by atoms with Crippen molar-refractivity contribution in [3.8, 4) is 0 Å². The zero-order valence-electron chi connectivity index (χ0n) is 10.0. The fourth-order valence-electron chi connectivity index (χ4n) is 2.33. The summed E-state index contributed by atoms with van der Waals surface area (Å²) < 4.78 is 28.1. The van der Waals surface area contributed by atoms with Crippen LogP contribution in [0.15, 0.2) is 0 Å². The van der Waals surface area contributed by atoms with Crippen molar-refractivity contribution in [1.29, 1.82) is 0 Å². The number of alkyl halides is 2. The van der Waals surface area contributed by atoms with Gasteiger partial charge in [-0.2, -0.15) is 5.10 Å². The molecule has 1 aliphatic rings. The first-order chi connectivity index (χ1) is 8.50. The molecule has 0 amide bonds. The average molecular weight is 272 g/mol. The van der Waals surface area contributed by atoms with Crippen molar-refractivity contribution in [2.45, 2.75) is 32.1 Å². The predicted molar refractivity (Wildman–Crippen MR) is 65.2 cm³/mol. The molecule has 18 heavy (non-hydrogen) atoms. The van der Waals surface area contributed by atoms with Crippen molar-refractivity contribution in [1.82, 2.24) is 14.8 Å². The van der Waals surface area contributed by atoms with E-state index in [1.54, 1.807) is 18.7 Å². The van der Waals surface area contributed by atoms with Crippen molar-refractivity contribution >= 4 is 22.6 Å². The van der Waals surface area contributed by atoms with E-state index >= 15 is 0 Å². The number of nitrogens with zero attached hydrogens (tertiary/aromatic N) is 3. The van der Waals surface area contributed by atoms with Gasteiger partial charge in [0.1, 0.15) is 0 Å². The van der Waals surface area contributed by atoms with Gasteiger partial charge in [0.05, 0.1) is 27.4 Å². The summed E-state index contributed by atoms with van der Waals surface area (Å²) in [6, 6.07) is 0. The molecular weight excluding hydrogens is 260 g/mol. The second-order valence-electron chi connectivity index (χ2n) is 4.71. The van der Waals surface area contributed by atoms with E-state index in [2.05, 4.69) is 10.1 Å². The molecule has 0 unspecified atom stereocenters. The van der Waals surface area contributed by atoms with E-state index in [0.29, 0.717) is 22.4 Å². The summed E-state index contributed by atoms with van der Waals surface area (Å²) in [5.74, 6) is 0.231. The molecule has 0 spiro atoms. The largest absolute Gasteiger partial charge is 0.266 e. The van der Waals surface area contributed by atoms with E-state index < -0.39 is 6.43 Å². The van der Waals surface area contributed by atoms with Crippen LogP contribution in [0.3, 0.4) is 0 Å². The number of halogens is 3. The molecule has 1 fully saturated rings. The Morgan fingerprint density at radius 1 is 1.39 bits per heavy atom. The smallest absolute Gasteiger partial charge is 0.250 e. The Morgan fingerprint density at radius 3 is 2.61 bits per heavy atom. The van der Waals surface area contributed by atoms with E-state index in [-0.39, 0.29) is 16.5 Å². The van der Waals surface area contributed by atoms with Gasteiger partial charge in [0, 0.05) is 13.0 Å². The Balaban J connectivity index is 2.41. The Morgan fingerprint density at radius 2 is 2.06 bits per heavy atom. The molecule has 3 nitrogen and oxygen atoms in total. The number of pyridine rings is 1. The van der Waals surface area contributed by atoms with Crippen LogP contribution in [0.25, 0.3) is 11.0 Å². The Bertz CT molecular complexity index is 632. The molecule has 3 rings (SSSR count). The van der Waals surface area contributed by atoms with E-state index in [0.717, 1.165) is 12.8 Å². The van der Waals surface area contributed by atoms with Crippen molar-refractivity contribution in [2.24, 2.45) is 7.05 Å². The van der Waals surface area contributed by atoms with Crippen LogP contribution in [0.5, 0.6) is 0 Å². The van der Waals surface area contributed by atoms with Crippen LogP contribution in [-0.2, 0) is 7.05 Å². The highest BCUT2D eigenvalue weighted by atomic mass is 35.5. The zero-order valence-corrected chi connectivity index (χ0v) is 10.8. The third-order valence-corrected chi connectivity index (χ3v) is 3.73. The first kappa shape index (κ1) is 11.8. The highest BCUT2D eigenvalue weighted by Gasteiger charge is 2.32. The number of rotatable bonds is 2. The molecule has 96 valence electrons. The quantitative estimate of drug-likeness (QED) is 0.833. The van der Waals surface area contributed by atoms with Gasteiger partial charge in [-0.25, -0.2) is 13.8 Å². The maximum Gasteiger partial charge on any atom is 0.266 e. The molecule has 0 saturated heterocycles. The second kappa shape index (κ2) is 3.88. The van der Waals surface area contributed by atoms with Gasteiger partial charge in [0.15, 0.2) is 5.65 Å². The minimum atomic E-state index is -2.61. The van der Waals surface area contributed by atoms with Crippen molar-refractivity contribution in [2.75, 3.05) is 0 Å². The second-order valence-corrected chi connectivity index (χ2v) is 5.09. The predicted octanol–water partition coefficient (Wildman–Crippen LogP) is 3.75. The summed E-state index contributed by atoms with van der Waals surface area (Å²) in [4.78, 5) is 4.44. The van der Waals surface area contributed by atoms with Crippen LogP contribution in [0.1, 0.15) is 42.1 Å². The van der Waals surface area contributed by atoms with Gasteiger partial charge < -0.3 is 0 Å². The molecule has 0 radical (unpaired) electrons. The Hall–Kier alpha value is -1.23. The fourth-order valence-corrected chi connectivity index (χ4v) is 2.71. The van der Waals surface area contributed by atoms with Gasteiger partial charge in [0.25, 0.3) is 6.43 Å². The standard InChI is InChI=1S/C12H12ClF2N3/c1-5-7-8(11(14)15)9(13)10(6-3-4-6)16-12(7)18(2)17-5/h6,11H,3-4H2,1-2H3. The van der Waals surface area contributed by atoms with Gasteiger partial charge in [-0.3, -0.25) is 4.68 Å². The van der Waals surface area contributed by atoms with Gasteiger partial charge >= 0.3 is 0 Å². The molecule has 6 heteroatoms. The van der Waals surface area contributed by atoms with E-state index in [1.165, 1.54) is 0 Å². The average Bonchev–Trinajstić information content (AvgIpc) is 3.07. The number of aromatic nitrogens is 3. The fraction of sp³-hybridized carbons (Fsp3) is 0.500. The molecule has 0 N–H and O–H groups in total. The lowest BCUT2D eigenvalue weighted by Crippen LogP contribution is -2.00. The maximum atomic E-state index is 13.3. The van der Waals surface area contributed by atoms with Gasteiger partial charge in [-0.1, -0.05) is 11.6 Å². The van der Waals surface area contributed by atoms with Gasteiger partial charge in [-0.15, -0.1) is 0 Å². The van der Waals surface area contributed by atoms with Crippen LogP contribution in [-0.4, -0.2) is 14.8 Å². The summed E-state index contributed by atoms with van der Waals surface area (Å²) in [5, 5.41) is 4.67. The summed E-state index contributed by atoms with van der Waals surface area (Å²) in [6.07, 6.45) is -0.668. The third kappa shape index (κ3) is 1.61. The highest BCUT2D eigenvalue weighted by molar-refractivity contribution is 6.33. The minimum absolute atomic E-state index is 0.117. The van der Waals surface area contributed by atoms with Crippen molar-refractivity contribution < 1.29 is 8.78 Å². The molecule has 1 aliphatic carbocycles. The lowest BCUT2D eigenvalue weighted by atomic mass is 10.1. The third-order valence-electron chi connectivity index (χ3n) is 3.33. The van der Waals surface area contributed by atoms with Crippen LogP contribution in [0.4, 0.5) is 8.78 Å². The van der Waals surface area contributed by atoms with Crippen LogP contribution in [0.2, 0.25) is 5.02 Å².